The average Bonchev–Trinajstić information content (AvgIpc) is 3.18. The second-order valence-corrected chi connectivity index (χ2v) is 11.7. The summed E-state index contributed by atoms with van der Waals surface area (Å²) in [6.45, 7) is 5.14. The molecule has 0 unspecified atom stereocenters. The number of carbonyl (C=O) groups is 3. The minimum atomic E-state index is -0.262. The lowest BCUT2D eigenvalue weighted by atomic mass is 9.47. The molecule has 35 heavy (non-hydrogen) atoms. The number of ether oxygens (including phenoxy) is 1. The molecule has 1 heterocycles. The van der Waals surface area contributed by atoms with Crippen molar-refractivity contribution in [1.29, 1.82) is 0 Å². The Labute approximate surface area is 208 Å². The molecule has 4 aliphatic carbocycles. The monoisotopic (exact) mass is 478 g/mol. The third kappa shape index (κ3) is 4.56. The van der Waals surface area contributed by atoms with E-state index in [1.54, 1.807) is 12.4 Å². The minimum absolute atomic E-state index is 0.0153. The lowest BCUT2D eigenvalue weighted by Gasteiger charge is -2.57. The molecule has 0 bridgehead atoms. The number of nitrogens with zero attached hydrogens (tertiary/aromatic N) is 1. The van der Waals surface area contributed by atoms with Gasteiger partial charge in [0.05, 0.1) is 6.42 Å². The zero-order chi connectivity index (χ0) is 24.6. The van der Waals surface area contributed by atoms with Crippen molar-refractivity contribution in [3.63, 3.8) is 0 Å². The smallest absolute Gasteiger partial charge is 0.306 e. The molecule has 0 spiro atoms. The first-order valence-electron chi connectivity index (χ1n) is 13.4. The average molecular weight is 479 g/mol. The van der Waals surface area contributed by atoms with Gasteiger partial charge in [-0.25, -0.2) is 0 Å². The van der Waals surface area contributed by atoms with Crippen molar-refractivity contribution in [1.82, 2.24) is 10.3 Å². The molecular formula is C29H38N2O4. The quantitative estimate of drug-likeness (QED) is 0.587. The van der Waals surface area contributed by atoms with Gasteiger partial charge < -0.3 is 10.1 Å². The molecule has 1 aromatic rings. The first kappa shape index (κ1) is 24.2. The largest absolute Gasteiger partial charge is 0.462 e. The van der Waals surface area contributed by atoms with Gasteiger partial charge in [-0.05, 0) is 85.8 Å². The molecule has 1 amide bonds. The molecule has 1 N–H and O–H groups in total. The van der Waals surface area contributed by atoms with E-state index in [1.165, 1.54) is 5.57 Å². The number of pyridine rings is 1. The maximum absolute atomic E-state index is 12.7. The Morgan fingerprint density at radius 3 is 2.74 bits per heavy atom. The van der Waals surface area contributed by atoms with Crippen LogP contribution in [0.25, 0.3) is 0 Å². The SMILES string of the molecule is C[C@]12CC[C@@H]3[C@@H](CCC4=CC(=O)CC[C@@]43C)[C@@H]1CC[C@H]2OC(=O)CCC(=O)NCc1cccnc1. The third-order valence-electron chi connectivity index (χ3n) is 9.92. The van der Waals surface area contributed by atoms with Crippen molar-refractivity contribution in [3.8, 4) is 0 Å². The number of hydrogen-bond acceptors (Lipinski definition) is 5. The van der Waals surface area contributed by atoms with E-state index in [-0.39, 0.29) is 41.7 Å². The van der Waals surface area contributed by atoms with Gasteiger partial charge in [-0.15, -0.1) is 0 Å². The molecule has 0 aromatic carbocycles. The summed E-state index contributed by atoms with van der Waals surface area (Å²) in [7, 11) is 0. The number of hydrogen-bond donors (Lipinski definition) is 1. The van der Waals surface area contributed by atoms with E-state index in [0.717, 1.165) is 50.5 Å². The Hall–Kier alpha value is -2.50. The Bertz CT molecular complexity index is 1020. The van der Waals surface area contributed by atoms with Gasteiger partial charge in [0.25, 0.3) is 0 Å². The second-order valence-electron chi connectivity index (χ2n) is 11.7. The summed E-state index contributed by atoms with van der Waals surface area (Å²) in [6, 6.07) is 3.74. The van der Waals surface area contributed by atoms with Gasteiger partial charge in [-0.2, -0.15) is 0 Å². The zero-order valence-corrected chi connectivity index (χ0v) is 21.1. The summed E-state index contributed by atoms with van der Waals surface area (Å²) in [5.41, 5.74) is 2.50. The highest BCUT2D eigenvalue weighted by Gasteiger charge is 2.59. The first-order valence-corrected chi connectivity index (χ1v) is 13.4. The molecule has 6 atom stereocenters. The lowest BCUT2D eigenvalue weighted by molar-refractivity contribution is -0.160. The highest BCUT2D eigenvalue weighted by atomic mass is 16.5. The second kappa shape index (κ2) is 9.51. The van der Waals surface area contributed by atoms with Crippen LogP contribution in [0.4, 0.5) is 0 Å². The lowest BCUT2D eigenvalue weighted by Crippen LogP contribution is -2.51. The van der Waals surface area contributed by atoms with E-state index >= 15 is 0 Å². The van der Waals surface area contributed by atoms with E-state index in [2.05, 4.69) is 24.1 Å². The molecule has 0 radical (unpaired) electrons. The van der Waals surface area contributed by atoms with Crippen LogP contribution in [0.5, 0.6) is 0 Å². The summed E-state index contributed by atoms with van der Waals surface area (Å²) >= 11 is 0. The van der Waals surface area contributed by atoms with Crippen molar-refractivity contribution in [3.05, 3.63) is 41.7 Å². The molecule has 188 valence electrons. The molecule has 1 aromatic heterocycles. The van der Waals surface area contributed by atoms with Gasteiger partial charge in [-0.3, -0.25) is 19.4 Å². The number of nitrogens with one attached hydrogen (secondary N) is 1. The van der Waals surface area contributed by atoms with E-state index in [1.807, 2.05) is 18.2 Å². The Kier molecular flexibility index (Phi) is 6.58. The molecule has 6 heteroatoms. The fourth-order valence-corrected chi connectivity index (χ4v) is 7.93. The van der Waals surface area contributed by atoms with Crippen LogP contribution < -0.4 is 5.32 Å². The molecule has 4 aliphatic rings. The van der Waals surface area contributed by atoms with Gasteiger partial charge in [-0.1, -0.05) is 25.5 Å². The van der Waals surface area contributed by atoms with Crippen LogP contribution in [-0.4, -0.2) is 28.7 Å². The highest BCUT2D eigenvalue weighted by Crippen LogP contribution is 2.65. The van der Waals surface area contributed by atoms with E-state index in [9.17, 15) is 14.4 Å². The summed E-state index contributed by atoms with van der Waals surface area (Å²) in [4.78, 5) is 41.0. The number of amides is 1. The maximum atomic E-state index is 12.7. The normalized spacial score (nSPS) is 35.8. The predicted octanol–water partition coefficient (Wildman–Crippen LogP) is 4.92. The molecule has 3 fully saturated rings. The van der Waals surface area contributed by atoms with Gasteiger partial charge in [0.1, 0.15) is 6.10 Å². The molecule has 0 saturated heterocycles. The Balaban J connectivity index is 1.16. The number of fused-ring (bicyclic) bond motifs is 5. The van der Waals surface area contributed by atoms with Crippen LogP contribution >= 0.6 is 0 Å². The molecule has 5 rings (SSSR count). The molecular weight excluding hydrogens is 440 g/mol. The van der Waals surface area contributed by atoms with Crippen LogP contribution in [0.3, 0.4) is 0 Å². The fraction of sp³-hybridized carbons (Fsp3) is 0.655. The predicted molar refractivity (Wildman–Crippen MR) is 132 cm³/mol. The van der Waals surface area contributed by atoms with Crippen molar-refractivity contribution in [2.24, 2.45) is 28.6 Å². The van der Waals surface area contributed by atoms with Crippen LogP contribution in [0, 0.1) is 28.6 Å². The number of rotatable bonds is 6. The van der Waals surface area contributed by atoms with Gasteiger partial charge in [0.2, 0.25) is 5.91 Å². The molecule has 6 nitrogen and oxygen atoms in total. The van der Waals surface area contributed by atoms with Crippen LogP contribution in [0.15, 0.2) is 36.2 Å². The van der Waals surface area contributed by atoms with Gasteiger partial charge in [0, 0.05) is 37.2 Å². The number of allylic oxidation sites excluding steroid dienone is 1. The maximum Gasteiger partial charge on any atom is 0.306 e. The third-order valence-corrected chi connectivity index (χ3v) is 9.92. The van der Waals surface area contributed by atoms with Crippen LogP contribution in [0.1, 0.15) is 83.6 Å². The fourth-order valence-electron chi connectivity index (χ4n) is 7.93. The van der Waals surface area contributed by atoms with Crippen molar-refractivity contribution in [2.45, 2.75) is 90.7 Å². The Morgan fingerprint density at radius 2 is 1.94 bits per heavy atom. The first-order chi connectivity index (χ1) is 16.8. The van der Waals surface area contributed by atoms with Crippen molar-refractivity contribution in [2.75, 3.05) is 0 Å². The number of esters is 1. The van der Waals surface area contributed by atoms with E-state index in [4.69, 9.17) is 4.74 Å². The number of carbonyl (C=O) groups excluding carboxylic acids is 3. The topological polar surface area (TPSA) is 85.4 Å². The standard InChI is InChI=1S/C29H38N2O4/c1-28-13-11-21(32)16-20(28)5-6-22-23-7-8-25(29(23,2)14-12-24(22)28)35-27(34)10-9-26(33)31-18-19-4-3-15-30-17-19/h3-4,15-17,22-25H,5-14,18H2,1-2H3,(H,31,33)/t22-,23-,24+,25+,28-,29-/m0/s1. The number of aromatic nitrogens is 1. The van der Waals surface area contributed by atoms with Gasteiger partial charge in [0.15, 0.2) is 5.78 Å². The zero-order valence-electron chi connectivity index (χ0n) is 21.1. The summed E-state index contributed by atoms with van der Waals surface area (Å²) in [6.07, 6.45) is 13.7. The van der Waals surface area contributed by atoms with E-state index < -0.39 is 0 Å². The van der Waals surface area contributed by atoms with Crippen LogP contribution in [0.2, 0.25) is 0 Å². The Morgan fingerprint density at radius 1 is 1.09 bits per heavy atom. The summed E-state index contributed by atoms with van der Waals surface area (Å²) in [5.74, 6) is 1.74. The molecule has 0 aliphatic heterocycles. The van der Waals surface area contributed by atoms with E-state index in [0.29, 0.717) is 36.5 Å². The molecule has 3 saturated carbocycles. The summed E-state index contributed by atoms with van der Waals surface area (Å²) in [5, 5.41) is 2.85. The highest BCUT2D eigenvalue weighted by molar-refractivity contribution is 5.91. The van der Waals surface area contributed by atoms with Crippen molar-refractivity contribution >= 4 is 17.7 Å². The van der Waals surface area contributed by atoms with Crippen molar-refractivity contribution < 1.29 is 19.1 Å². The van der Waals surface area contributed by atoms with Gasteiger partial charge >= 0.3 is 5.97 Å². The van der Waals surface area contributed by atoms with Crippen LogP contribution in [-0.2, 0) is 25.7 Å². The summed E-state index contributed by atoms with van der Waals surface area (Å²) < 4.78 is 6.04. The number of ketones is 1. The minimum Gasteiger partial charge on any atom is -0.462 e.